The standard InChI is InChI=1S/C11H9BrF2N2O/c12-6-4-7(13)10(8(14)5-6)11(16-15)9-2-1-3-17-9/h1-5,11,16H,15H2. The van der Waals surface area contributed by atoms with Crippen LogP contribution in [0.5, 0.6) is 0 Å². The number of nitrogens with two attached hydrogens (primary N) is 1. The van der Waals surface area contributed by atoms with E-state index in [4.69, 9.17) is 10.3 Å². The molecule has 0 aliphatic carbocycles. The molecule has 1 aromatic heterocycles. The van der Waals surface area contributed by atoms with Crippen LogP contribution < -0.4 is 11.3 Å². The lowest BCUT2D eigenvalue weighted by Crippen LogP contribution is -2.30. The van der Waals surface area contributed by atoms with Crippen molar-refractivity contribution in [2.24, 2.45) is 5.84 Å². The monoisotopic (exact) mass is 302 g/mol. The van der Waals surface area contributed by atoms with E-state index in [1.165, 1.54) is 18.4 Å². The molecule has 1 heterocycles. The lowest BCUT2D eigenvalue weighted by molar-refractivity contribution is 0.427. The highest BCUT2D eigenvalue weighted by molar-refractivity contribution is 9.10. The lowest BCUT2D eigenvalue weighted by Gasteiger charge is -2.15. The van der Waals surface area contributed by atoms with Gasteiger partial charge in [-0.2, -0.15) is 0 Å². The minimum Gasteiger partial charge on any atom is -0.467 e. The Labute approximate surface area is 105 Å². The van der Waals surface area contributed by atoms with Crippen molar-refractivity contribution in [1.29, 1.82) is 0 Å². The average Bonchev–Trinajstić information content (AvgIpc) is 2.76. The molecule has 3 nitrogen and oxygen atoms in total. The van der Waals surface area contributed by atoms with Crippen molar-refractivity contribution in [3.05, 3.63) is 58.0 Å². The second-order valence-corrected chi connectivity index (χ2v) is 4.31. The van der Waals surface area contributed by atoms with Crippen molar-refractivity contribution in [3.8, 4) is 0 Å². The molecule has 0 aliphatic rings. The molecule has 1 aromatic carbocycles. The van der Waals surface area contributed by atoms with Crippen LogP contribution in [0, 0.1) is 11.6 Å². The smallest absolute Gasteiger partial charge is 0.132 e. The van der Waals surface area contributed by atoms with Crippen LogP contribution in [0.25, 0.3) is 0 Å². The second kappa shape index (κ2) is 4.95. The Bertz CT molecular complexity index is 493. The summed E-state index contributed by atoms with van der Waals surface area (Å²) < 4.78 is 32.9. The maximum atomic E-state index is 13.7. The van der Waals surface area contributed by atoms with Gasteiger partial charge in [-0.3, -0.25) is 5.84 Å². The molecular formula is C11H9BrF2N2O. The molecule has 3 N–H and O–H groups in total. The zero-order valence-corrected chi connectivity index (χ0v) is 10.2. The fraction of sp³-hybridized carbons (Fsp3) is 0.0909. The number of halogens is 3. The fourth-order valence-electron chi connectivity index (χ4n) is 1.59. The van der Waals surface area contributed by atoms with E-state index in [9.17, 15) is 8.78 Å². The van der Waals surface area contributed by atoms with Crippen molar-refractivity contribution in [3.63, 3.8) is 0 Å². The number of hydrazine groups is 1. The van der Waals surface area contributed by atoms with Gasteiger partial charge in [0.15, 0.2) is 0 Å². The molecule has 90 valence electrons. The first kappa shape index (κ1) is 12.2. The fourth-order valence-corrected chi connectivity index (χ4v) is 1.99. The number of furan rings is 1. The summed E-state index contributed by atoms with van der Waals surface area (Å²) in [6.45, 7) is 0. The lowest BCUT2D eigenvalue weighted by atomic mass is 10.0. The van der Waals surface area contributed by atoms with Crippen molar-refractivity contribution in [1.82, 2.24) is 5.43 Å². The molecule has 0 spiro atoms. The zero-order valence-electron chi connectivity index (χ0n) is 8.58. The van der Waals surface area contributed by atoms with Crippen LogP contribution in [-0.4, -0.2) is 0 Å². The molecule has 0 fully saturated rings. The Kier molecular flexibility index (Phi) is 3.56. The van der Waals surface area contributed by atoms with Crippen molar-refractivity contribution in [2.45, 2.75) is 6.04 Å². The molecule has 0 saturated heterocycles. The molecule has 0 aliphatic heterocycles. The average molecular weight is 303 g/mol. The molecule has 0 amide bonds. The van der Waals surface area contributed by atoms with Gasteiger partial charge in [0.05, 0.1) is 6.26 Å². The Hall–Kier alpha value is -1.24. The first-order chi connectivity index (χ1) is 8.13. The summed E-state index contributed by atoms with van der Waals surface area (Å²) >= 11 is 3.01. The second-order valence-electron chi connectivity index (χ2n) is 3.40. The van der Waals surface area contributed by atoms with Crippen LogP contribution in [0.1, 0.15) is 17.4 Å². The van der Waals surface area contributed by atoms with Crippen LogP contribution in [0.15, 0.2) is 39.4 Å². The van der Waals surface area contributed by atoms with Gasteiger partial charge in [-0.25, -0.2) is 14.2 Å². The largest absolute Gasteiger partial charge is 0.467 e. The van der Waals surface area contributed by atoms with E-state index in [1.54, 1.807) is 12.1 Å². The molecule has 17 heavy (non-hydrogen) atoms. The van der Waals surface area contributed by atoms with E-state index in [1.807, 2.05) is 0 Å². The van der Waals surface area contributed by atoms with Crippen LogP contribution in [0.4, 0.5) is 8.78 Å². The minimum atomic E-state index is -0.863. The van der Waals surface area contributed by atoms with Gasteiger partial charge in [-0.15, -0.1) is 0 Å². The summed E-state index contributed by atoms with van der Waals surface area (Å²) in [5, 5.41) is 0. The summed E-state index contributed by atoms with van der Waals surface area (Å²) in [5.41, 5.74) is 2.16. The van der Waals surface area contributed by atoms with Crippen molar-refractivity contribution in [2.75, 3.05) is 0 Å². The Morgan fingerprint density at radius 1 is 1.29 bits per heavy atom. The number of hydrogen-bond donors (Lipinski definition) is 2. The van der Waals surface area contributed by atoms with Gasteiger partial charge in [0.2, 0.25) is 0 Å². The van der Waals surface area contributed by atoms with E-state index in [2.05, 4.69) is 21.4 Å². The zero-order chi connectivity index (χ0) is 12.4. The molecule has 1 atom stereocenters. The predicted molar refractivity (Wildman–Crippen MR) is 61.9 cm³/mol. The number of nitrogens with one attached hydrogen (secondary N) is 1. The van der Waals surface area contributed by atoms with Crippen molar-refractivity contribution >= 4 is 15.9 Å². The van der Waals surface area contributed by atoms with Gasteiger partial charge in [0.1, 0.15) is 23.4 Å². The van der Waals surface area contributed by atoms with Gasteiger partial charge >= 0.3 is 0 Å². The normalized spacial score (nSPS) is 12.7. The summed E-state index contributed by atoms with van der Waals surface area (Å²) in [6, 6.07) is 4.69. The van der Waals surface area contributed by atoms with E-state index in [0.717, 1.165) is 0 Å². The van der Waals surface area contributed by atoms with Crippen LogP contribution in [0.2, 0.25) is 0 Å². The summed E-state index contributed by atoms with van der Waals surface area (Å²) in [5.74, 6) is 4.26. The maximum Gasteiger partial charge on any atom is 0.132 e. The third-order valence-corrected chi connectivity index (χ3v) is 2.78. The number of benzene rings is 1. The highest BCUT2D eigenvalue weighted by Crippen LogP contribution is 2.28. The SMILES string of the molecule is NNC(c1ccco1)c1c(F)cc(Br)cc1F. The first-order valence-corrected chi connectivity index (χ1v) is 5.56. The van der Waals surface area contributed by atoms with E-state index < -0.39 is 17.7 Å². The van der Waals surface area contributed by atoms with Gasteiger partial charge in [-0.1, -0.05) is 15.9 Å². The Morgan fingerprint density at radius 3 is 2.41 bits per heavy atom. The predicted octanol–water partition coefficient (Wildman–Crippen LogP) is 2.87. The molecule has 0 saturated carbocycles. The third-order valence-electron chi connectivity index (χ3n) is 2.33. The summed E-state index contributed by atoms with van der Waals surface area (Å²) in [6.07, 6.45) is 1.41. The minimum absolute atomic E-state index is 0.175. The molecule has 0 bridgehead atoms. The third kappa shape index (κ3) is 2.38. The van der Waals surface area contributed by atoms with Crippen LogP contribution >= 0.6 is 15.9 Å². The summed E-state index contributed by atoms with van der Waals surface area (Å²) in [4.78, 5) is 0. The Balaban J connectivity index is 2.52. The highest BCUT2D eigenvalue weighted by atomic mass is 79.9. The molecule has 2 rings (SSSR count). The number of hydrogen-bond acceptors (Lipinski definition) is 3. The first-order valence-electron chi connectivity index (χ1n) is 4.77. The van der Waals surface area contributed by atoms with E-state index in [-0.39, 0.29) is 5.56 Å². The van der Waals surface area contributed by atoms with Gasteiger partial charge in [-0.05, 0) is 24.3 Å². The molecule has 1 unspecified atom stereocenters. The van der Waals surface area contributed by atoms with Crippen LogP contribution in [0.3, 0.4) is 0 Å². The van der Waals surface area contributed by atoms with E-state index >= 15 is 0 Å². The molecular weight excluding hydrogens is 294 g/mol. The summed E-state index contributed by atoms with van der Waals surface area (Å²) in [7, 11) is 0. The highest BCUT2D eigenvalue weighted by Gasteiger charge is 2.23. The van der Waals surface area contributed by atoms with E-state index in [0.29, 0.717) is 10.2 Å². The van der Waals surface area contributed by atoms with Gasteiger partial charge < -0.3 is 4.42 Å². The van der Waals surface area contributed by atoms with Crippen LogP contribution in [-0.2, 0) is 0 Å². The molecule has 0 radical (unpaired) electrons. The maximum absolute atomic E-state index is 13.7. The van der Waals surface area contributed by atoms with Crippen molar-refractivity contribution < 1.29 is 13.2 Å². The quantitative estimate of drug-likeness (QED) is 0.677. The molecule has 2 aromatic rings. The van der Waals surface area contributed by atoms with Gasteiger partial charge in [0.25, 0.3) is 0 Å². The Morgan fingerprint density at radius 2 is 1.94 bits per heavy atom. The van der Waals surface area contributed by atoms with Gasteiger partial charge in [0, 0.05) is 10.0 Å². The topological polar surface area (TPSA) is 51.2 Å². The molecule has 6 heteroatoms. The number of rotatable bonds is 3.